The summed E-state index contributed by atoms with van der Waals surface area (Å²) in [5.41, 5.74) is 1.83. The minimum atomic E-state index is -0.441. The van der Waals surface area contributed by atoms with Gasteiger partial charge in [0.25, 0.3) is 5.56 Å². The van der Waals surface area contributed by atoms with Crippen LogP contribution in [0.5, 0.6) is 0 Å². The average molecular weight is 447 g/mol. The van der Waals surface area contributed by atoms with E-state index in [2.05, 4.69) is 15.3 Å². The molecule has 0 spiro atoms. The molecule has 0 aromatic carbocycles. The Balaban J connectivity index is 0.00000218. The van der Waals surface area contributed by atoms with Gasteiger partial charge in [-0.2, -0.15) is 6.42 Å². The molecule has 1 atom stereocenters. The first-order valence-electron chi connectivity index (χ1n) is 9.79. The molecule has 3 aromatic rings. The van der Waals surface area contributed by atoms with Crippen LogP contribution in [0.3, 0.4) is 0 Å². The molecule has 0 saturated heterocycles. The summed E-state index contributed by atoms with van der Waals surface area (Å²) in [5, 5.41) is 3.58. The van der Waals surface area contributed by atoms with Crippen LogP contribution in [0.1, 0.15) is 24.8 Å². The number of nitrogens with zero attached hydrogens (tertiary/aromatic N) is 3. The second-order valence-electron chi connectivity index (χ2n) is 7.91. The Morgan fingerprint density at radius 2 is 2.03 bits per heavy atom. The van der Waals surface area contributed by atoms with Gasteiger partial charge in [-0.15, -0.1) is 5.92 Å². The van der Waals surface area contributed by atoms with Gasteiger partial charge >= 0.3 is 0 Å². The second-order valence-corrected chi connectivity index (χ2v) is 7.91. The van der Waals surface area contributed by atoms with Crippen molar-refractivity contribution in [2.75, 3.05) is 5.32 Å². The molecule has 0 unspecified atom stereocenters. The van der Waals surface area contributed by atoms with Gasteiger partial charge in [-0.1, -0.05) is 0 Å². The molecule has 2 aliphatic rings. The SMILES string of the molecule is Cc1c(F)cncc1-c1cc2cnc(NC(=O)[C@@H]3[CH-]C3)cc2n(CC2CC2)c1=O.[Fe]. The van der Waals surface area contributed by atoms with Crippen LogP contribution in [0.15, 0.2) is 35.5 Å². The molecule has 6 nitrogen and oxygen atoms in total. The van der Waals surface area contributed by atoms with Crippen LogP contribution in [-0.4, -0.2) is 20.4 Å². The van der Waals surface area contributed by atoms with Crippen molar-refractivity contribution in [2.24, 2.45) is 11.8 Å². The van der Waals surface area contributed by atoms with Crippen molar-refractivity contribution >= 4 is 22.6 Å². The van der Waals surface area contributed by atoms with Crippen LogP contribution < -0.4 is 10.9 Å². The summed E-state index contributed by atoms with van der Waals surface area (Å²) in [7, 11) is 0. The van der Waals surface area contributed by atoms with Crippen molar-refractivity contribution in [3.8, 4) is 11.1 Å². The molecule has 3 aromatic heterocycles. The van der Waals surface area contributed by atoms with Gasteiger partial charge in [0.1, 0.15) is 11.6 Å². The Hall–Kier alpha value is -2.57. The van der Waals surface area contributed by atoms with Crippen LogP contribution >= 0.6 is 0 Å². The maximum absolute atomic E-state index is 14.0. The Bertz CT molecular complexity index is 1200. The molecule has 1 amide bonds. The Labute approximate surface area is 183 Å². The molecule has 2 aliphatic carbocycles. The number of fused-ring (bicyclic) bond motifs is 1. The first-order chi connectivity index (χ1) is 14.0. The van der Waals surface area contributed by atoms with E-state index < -0.39 is 5.82 Å². The summed E-state index contributed by atoms with van der Waals surface area (Å²) >= 11 is 0. The van der Waals surface area contributed by atoms with E-state index in [1.54, 1.807) is 29.8 Å². The minimum Gasteiger partial charge on any atom is -0.321 e. The minimum absolute atomic E-state index is 0. The predicted octanol–water partition coefficient (Wildman–Crippen LogP) is 3.48. The number of carbonyl (C=O) groups excluding carboxylic acids is 1. The molecule has 1 N–H and O–H groups in total. The number of carbonyl (C=O) groups is 1. The maximum Gasteiger partial charge on any atom is 0.259 e. The number of anilines is 1. The molecule has 0 radical (unpaired) electrons. The van der Waals surface area contributed by atoms with E-state index in [9.17, 15) is 14.0 Å². The van der Waals surface area contributed by atoms with E-state index in [0.717, 1.165) is 36.4 Å². The van der Waals surface area contributed by atoms with Gasteiger partial charge in [0.2, 0.25) is 0 Å². The number of halogens is 1. The third-order valence-corrected chi connectivity index (χ3v) is 5.62. The quantitative estimate of drug-likeness (QED) is 0.480. The number of amides is 1. The van der Waals surface area contributed by atoms with Crippen molar-refractivity contribution in [1.29, 1.82) is 0 Å². The van der Waals surface area contributed by atoms with Gasteiger partial charge in [0.15, 0.2) is 5.91 Å². The average Bonchev–Trinajstić information content (AvgIpc) is 3.60. The van der Waals surface area contributed by atoms with Crippen LogP contribution in [0.25, 0.3) is 22.0 Å². The zero-order valence-corrected chi connectivity index (χ0v) is 17.4. The second kappa shape index (κ2) is 7.93. The predicted molar refractivity (Wildman–Crippen MR) is 108 cm³/mol. The largest absolute Gasteiger partial charge is 0.321 e. The molecule has 2 saturated carbocycles. The van der Waals surface area contributed by atoms with Gasteiger partial charge in [-0.3, -0.25) is 14.6 Å². The maximum atomic E-state index is 14.0. The first-order valence-corrected chi connectivity index (χ1v) is 9.79. The van der Waals surface area contributed by atoms with E-state index in [4.69, 9.17) is 0 Å². The van der Waals surface area contributed by atoms with Gasteiger partial charge < -0.3 is 16.3 Å². The summed E-state index contributed by atoms with van der Waals surface area (Å²) in [4.78, 5) is 33.7. The van der Waals surface area contributed by atoms with Gasteiger partial charge in [0.05, 0.1) is 11.7 Å². The molecule has 8 heteroatoms. The van der Waals surface area contributed by atoms with E-state index in [-0.39, 0.29) is 34.5 Å². The third kappa shape index (κ3) is 3.89. The number of nitrogens with one attached hydrogen (secondary N) is 1. The van der Waals surface area contributed by atoms with Crippen molar-refractivity contribution in [3.05, 3.63) is 58.9 Å². The normalized spacial score (nSPS) is 17.5. The van der Waals surface area contributed by atoms with Crippen LogP contribution in [0.4, 0.5) is 10.2 Å². The van der Waals surface area contributed by atoms with Crippen molar-refractivity contribution in [2.45, 2.75) is 32.7 Å². The van der Waals surface area contributed by atoms with Crippen molar-refractivity contribution in [3.63, 3.8) is 0 Å². The number of pyridine rings is 3. The van der Waals surface area contributed by atoms with E-state index >= 15 is 0 Å². The standard InChI is InChI=1S/C22H20FN4O2.Fe/c1-12-17(9-24-10-18(12)23)16-6-15-8-25-20(26-21(28)14-4-5-14)7-19(15)27(22(16)29)11-13-2-3-13;/h4,6-10,13-14H,2-3,5,11H2,1H3,(H,25,26,28);/q-1;/t14-;/m1./s1. The van der Waals surface area contributed by atoms with E-state index in [1.807, 2.05) is 6.42 Å². The fraction of sp³-hybridized carbons (Fsp3) is 0.318. The summed E-state index contributed by atoms with van der Waals surface area (Å²) in [6.07, 6.45) is 9.22. The fourth-order valence-electron chi connectivity index (χ4n) is 3.55. The summed E-state index contributed by atoms with van der Waals surface area (Å²) in [6, 6.07) is 3.48. The molecule has 5 rings (SSSR count). The molecular formula is C22H20FFeN4O2-. The monoisotopic (exact) mass is 447 g/mol. The zero-order chi connectivity index (χ0) is 20.1. The third-order valence-electron chi connectivity index (χ3n) is 5.62. The Morgan fingerprint density at radius 3 is 2.73 bits per heavy atom. The molecule has 0 aliphatic heterocycles. The van der Waals surface area contributed by atoms with Gasteiger partial charge in [0, 0.05) is 58.6 Å². The Kier molecular flexibility index (Phi) is 5.47. The van der Waals surface area contributed by atoms with Crippen LogP contribution in [-0.2, 0) is 28.4 Å². The zero-order valence-electron chi connectivity index (χ0n) is 16.3. The first kappa shape index (κ1) is 20.7. The molecule has 0 bridgehead atoms. The topological polar surface area (TPSA) is 76.9 Å². The molecular weight excluding hydrogens is 427 g/mol. The Morgan fingerprint density at radius 1 is 1.27 bits per heavy atom. The van der Waals surface area contributed by atoms with Crippen molar-refractivity contribution < 1.29 is 26.3 Å². The molecule has 2 fully saturated rings. The van der Waals surface area contributed by atoms with Gasteiger partial charge in [-0.05, 0) is 37.3 Å². The smallest absolute Gasteiger partial charge is 0.259 e. The summed E-state index contributed by atoms with van der Waals surface area (Å²) < 4.78 is 15.8. The fourth-order valence-corrected chi connectivity index (χ4v) is 3.55. The summed E-state index contributed by atoms with van der Waals surface area (Å²) in [6.45, 7) is 2.24. The number of hydrogen-bond donors (Lipinski definition) is 1. The van der Waals surface area contributed by atoms with Crippen LogP contribution in [0, 0.1) is 31.0 Å². The number of hydrogen-bond acceptors (Lipinski definition) is 4. The molecule has 156 valence electrons. The van der Waals surface area contributed by atoms with Crippen LogP contribution in [0.2, 0.25) is 0 Å². The van der Waals surface area contributed by atoms with E-state index in [1.165, 1.54) is 6.20 Å². The molecule has 3 heterocycles. The summed E-state index contributed by atoms with van der Waals surface area (Å²) in [5.74, 6) is 0.329. The number of rotatable bonds is 5. The van der Waals surface area contributed by atoms with Crippen molar-refractivity contribution in [1.82, 2.24) is 14.5 Å². The van der Waals surface area contributed by atoms with E-state index in [0.29, 0.717) is 35.0 Å². The molecule has 30 heavy (non-hydrogen) atoms. The van der Waals surface area contributed by atoms with Gasteiger partial charge in [-0.25, -0.2) is 9.37 Å². The number of aromatic nitrogens is 3.